The fraction of sp³-hybridized carbons (Fsp3) is 0.596. The van der Waals surface area contributed by atoms with E-state index in [9.17, 15) is 99.6 Å². The number of hydrogen-bond donors (Lipinski definition) is 18. The Kier molecular flexibility index (Phi) is 25.1. The van der Waals surface area contributed by atoms with E-state index in [-0.39, 0.29) is 22.7 Å². The van der Waals surface area contributed by atoms with Gasteiger partial charge < -0.3 is 88.1 Å². The van der Waals surface area contributed by atoms with Crippen LogP contribution < -0.4 is 27.2 Å². The first kappa shape index (κ1) is 63.9. The molecular formula is C47H68N8O21. The van der Waals surface area contributed by atoms with Crippen molar-refractivity contribution < 1.29 is 99.9 Å². The highest BCUT2D eigenvalue weighted by Crippen LogP contribution is 2.20. The summed E-state index contributed by atoms with van der Waals surface area (Å²) in [7, 11) is 0. The standard InChI is InChI=1S/C47H68N8O21/c1-19(43(72)50-21(3)36(66)37(67)29(62)16-56)12-28(61)34(41(71)39(69)31(64)18-58)53-44(73)20(2)13-27(60)33(40(70)38(68)30(63)17-57)52-32(65)11-9-24(46(75)76)14-26(59)23-7-4-22(5-8-23)6-10-25-15-49-42-35(51-25)45(74)55-47(48)54-42/h4-5,7-8,15,19-21,24,29-31,33-34,36-41,56-58,62-64,66-71H,6,9-14,16-18H2,1-3H3,(H,50,72)(H,52,65)(H,53,73)(H,75,76)(H3,48,49,54,55,74)/t19-,20-,21-,24-,29-,30-,31-,33-,34-,36-,37-,38-,39-,40-,41-/m1/s1. The molecule has 422 valence electrons. The number of aromatic nitrogens is 4. The Morgan fingerprint density at radius 2 is 1.12 bits per heavy atom. The van der Waals surface area contributed by atoms with Crippen molar-refractivity contribution in [3.63, 3.8) is 0 Å². The molecule has 76 heavy (non-hydrogen) atoms. The minimum Gasteiger partial charge on any atom is -0.481 e. The molecule has 0 aliphatic rings. The Morgan fingerprint density at radius 3 is 1.62 bits per heavy atom. The van der Waals surface area contributed by atoms with Gasteiger partial charge in [0.2, 0.25) is 23.7 Å². The SMILES string of the molecule is C[C@H](CC(=O)[C@@H](NC(=O)CC[C@H](CC(=O)c1ccc(CCc2cnc3nc(N)[nH]c(=O)c3n2)cc1)C(=O)O)[C@@H](O)[C@H](O)[C@H](O)CO)C(=O)N[C@H](C(=O)C[C@@H](C)C(=O)N[C@H](C)[C@@H](O)[C@H](O)[C@H](O)CO)[C@@H](O)[C@H](O)[C@H](O)CO. The number of amides is 3. The van der Waals surface area contributed by atoms with E-state index in [4.69, 9.17) is 10.8 Å². The minimum absolute atomic E-state index is 0.000820. The molecule has 2 aromatic heterocycles. The number of aliphatic hydroxyl groups is 12. The molecule has 0 radical (unpaired) electrons. The van der Waals surface area contributed by atoms with E-state index in [1.807, 2.05) is 0 Å². The first-order valence-corrected chi connectivity index (χ1v) is 23.9. The number of aliphatic carboxylic acids is 1. The number of nitrogens with one attached hydrogen (secondary N) is 4. The van der Waals surface area contributed by atoms with Gasteiger partial charge in [0.05, 0.1) is 43.7 Å². The number of nitrogens with two attached hydrogens (primary N) is 1. The minimum atomic E-state index is -2.39. The smallest absolute Gasteiger partial charge is 0.306 e. The lowest BCUT2D eigenvalue weighted by Gasteiger charge is -2.31. The number of nitrogens with zero attached hydrogens (tertiary/aromatic N) is 3. The van der Waals surface area contributed by atoms with E-state index < -0.39 is 189 Å². The zero-order valence-electron chi connectivity index (χ0n) is 41.6. The number of aliphatic hydroxyl groups excluding tert-OH is 12. The molecule has 0 saturated carbocycles. The highest BCUT2D eigenvalue weighted by molar-refractivity contribution is 5.98. The highest BCUT2D eigenvalue weighted by atomic mass is 16.4. The summed E-state index contributed by atoms with van der Waals surface area (Å²) in [6, 6.07) is 0.554. The number of aryl methyl sites for hydroxylation is 2. The third kappa shape index (κ3) is 18.2. The number of rotatable bonds is 33. The van der Waals surface area contributed by atoms with Gasteiger partial charge in [0.25, 0.3) is 5.56 Å². The van der Waals surface area contributed by atoms with E-state index in [0.29, 0.717) is 18.5 Å². The number of benzene rings is 1. The second-order valence-corrected chi connectivity index (χ2v) is 18.5. The zero-order chi connectivity index (χ0) is 57.3. The van der Waals surface area contributed by atoms with Crippen LogP contribution in [0.25, 0.3) is 11.2 Å². The van der Waals surface area contributed by atoms with Gasteiger partial charge in [-0.15, -0.1) is 0 Å². The highest BCUT2D eigenvalue weighted by Gasteiger charge is 2.41. The third-order valence-electron chi connectivity index (χ3n) is 12.5. The molecule has 0 bridgehead atoms. The number of anilines is 1. The van der Waals surface area contributed by atoms with Gasteiger partial charge >= 0.3 is 5.97 Å². The molecule has 0 aliphatic carbocycles. The summed E-state index contributed by atoms with van der Waals surface area (Å²) in [4.78, 5) is 120. The first-order valence-electron chi connectivity index (χ1n) is 23.9. The van der Waals surface area contributed by atoms with E-state index >= 15 is 0 Å². The summed E-state index contributed by atoms with van der Waals surface area (Å²) < 4.78 is 0. The number of aromatic amines is 1. The van der Waals surface area contributed by atoms with Gasteiger partial charge in [-0.1, -0.05) is 38.1 Å². The average Bonchev–Trinajstić information content (AvgIpc) is 3.39. The largest absolute Gasteiger partial charge is 0.481 e. The topological polar surface area (TPSA) is 516 Å². The Labute approximate surface area is 432 Å². The summed E-state index contributed by atoms with van der Waals surface area (Å²) in [6.07, 6.45) is -20.4. The molecule has 0 saturated heterocycles. The average molecular weight is 1080 g/mol. The molecule has 19 N–H and O–H groups in total. The molecule has 3 aromatic rings. The Morgan fingerprint density at radius 1 is 0.632 bits per heavy atom. The predicted molar refractivity (Wildman–Crippen MR) is 260 cm³/mol. The summed E-state index contributed by atoms with van der Waals surface area (Å²) in [5.41, 5.74) is 6.41. The van der Waals surface area contributed by atoms with Crippen molar-refractivity contribution in [2.45, 2.75) is 139 Å². The molecule has 29 nitrogen and oxygen atoms in total. The number of carboxylic acids is 1. The molecule has 0 aliphatic heterocycles. The van der Waals surface area contributed by atoms with Gasteiger partial charge in [0, 0.05) is 43.1 Å². The van der Waals surface area contributed by atoms with Crippen LogP contribution in [0.1, 0.15) is 74.5 Å². The van der Waals surface area contributed by atoms with Gasteiger partial charge in [0.1, 0.15) is 67.0 Å². The quantitative estimate of drug-likeness (QED) is 0.0252. The number of carbonyl (C=O) groups is 7. The summed E-state index contributed by atoms with van der Waals surface area (Å²) >= 11 is 0. The van der Waals surface area contributed by atoms with Crippen molar-refractivity contribution in [3.8, 4) is 0 Å². The number of H-pyrrole nitrogens is 1. The summed E-state index contributed by atoms with van der Waals surface area (Å²) in [5.74, 6) is -12.3. The second kappa shape index (κ2) is 29.8. The van der Waals surface area contributed by atoms with Crippen LogP contribution in [0, 0.1) is 17.8 Å². The summed E-state index contributed by atoms with van der Waals surface area (Å²) in [5, 5.41) is 137. The number of fused-ring (bicyclic) bond motifs is 1. The zero-order valence-corrected chi connectivity index (χ0v) is 41.6. The van der Waals surface area contributed by atoms with E-state index in [2.05, 4.69) is 35.9 Å². The number of carboxylic acid groups (broad SMARTS) is 1. The Hall–Kier alpha value is -6.35. The molecule has 1 aromatic carbocycles. The molecule has 0 spiro atoms. The Balaban J connectivity index is 1.71. The molecule has 0 unspecified atom stereocenters. The van der Waals surface area contributed by atoms with Crippen LogP contribution >= 0.6 is 0 Å². The maximum Gasteiger partial charge on any atom is 0.306 e. The molecule has 3 amide bonds. The molecular weight excluding hydrogens is 1010 g/mol. The van der Waals surface area contributed by atoms with E-state index in [1.165, 1.54) is 32.2 Å². The molecule has 29 heteroatoms. The van der Waals surface area contributed by atoms with Crippen LogP contribution in [-0.2, 0) is 41.6 Å². The van der Waals surface area contributed by atoms with Gasteiger partial charge in [-0.2, -0.15) is 4.98 Å². The van der Waals surface area contributed by atoms with Crippen LogP contribution in [0.2, 0.25) is 0 Å². The van der Waals surface area contributed by atoms with Crippen LogP contribution in [0.5, 0.6) is 0 Å². The summed E-state index contributed by atoms with van der Waals surface area (Å²) in [6.45, 7) is 0.277. The molecule has 0 fully saturated rings. The first-order chi connectivity index (χ1) is 35.6. The molecule has 2 heterocycles. The fourth-order valence-corrected chi connectivity index (χ4v) is 7.63. The number of ketones is 3. The van der Waals surface area contributed by atoms with Crippen molar-refractivity contribution in [1.29, 1.82) is 0 Å². The van der Waals surface area contributed by atoms with Crippen molar-refractivity contribution in [2.24, 2.45) is 17.8 Å². The normalized spacial score (nSPS) is 17.7. The third-order valence-corrected chi connectivity index (χ3v) is 12.5. The van der Waals surface area contributed by atoms with E-state index in [0.717, 1.165) is 12.5 Å². The van der Waals surface area contributed by atoms with Crippen LogP contribution in [0.3, 0.4) is 0 Å². The van der Waals surface area contributed by atoms with Crippen LogP contribution in [0.4, 0.5) is 5.95 Å². The van der Waals surface area contributed by atoms with Crippen LogP contribution in [-0.4, -0.2) is 220 Å². The molecule has 15 atom stereocenters. The number of nitrogen functional groups attached to an aromatic ring is 1. The van der Waals surface area contributed by atoms with Crippen molar-refractivity contribution in [3.05, 3.63) is 57.6 Å². The fourth-order valence-electron chi connectivity index (χ4n) is 7.63. The van der Waals surface area contributed by atoms with Gasteiger partial charge in [-0.3, -0.25) is 43.3 Å². The van der Waals surface area contributed by atoms with Gasteiger partial charge in [0.15, 0.2) is 28.5 Å². The number of Topliss-reactive ketones (excluding diaryl/α,β-unsaturated/α-hetero) is 3. The molecule has 3 rings (SSSR count). The lowest BCUT2D eigenvalue weighted by molar-refractivity contribution is -0.143. The number of hydrogen-bond acceptors (Lipinski definition) is 24. The van der Waals surface area contributed by atoms with Crippen molar-refractivity contribution >= 4 is 58.2 Å². The second-order valence-electron chi connectivity index (χ2n) is 18.5. The Bertz CT molecular complexity index is 2520. The van der Waals surface area contributed by atoms with Crippen LogP contribution in [0.15, 0.2) is 35.3 Å². The monoisotopic (exact) mass is 1080 g/mol. The maximum atomic E-state index is 13.8. The van der Waals surface area contributed by atoms with Gasteiger partial charge in [-0.05, 0) is 31.7 Å². The van der Waals surface area contributed by atoms with Gasteiger partial charge in [-0.25, -0.2) is 9.97 Å². The van der Waals surface area contributed by atoms with E-state index in [1.54, 1.807) is 12.1 Å². The van der Waals surface area contributed by atoms with Crippen molar-refractivity contribution in [1.82, 2.24) is 35.9 Å². The predicted octanol–water partition coefficient (Wildman–Crippen LogP) is -6.98. The lowest BCUT2D eigenvalue weighted by atomic mass is 9.90. The van der Waals surface area contributed by atoms with Crippen molar-refractivity contribution in [2.75, 3.05) is 25.6 Å². The maximum absolute atomic E-state index is 13.8. The number of carbonyl (C=O) groups excluding carboxylic acids is 6. The lowest BCUT2D eigenvalue weighted by Crippen LogP contribution is -2.58.